The van der Waals surface area contributed by atoms with Gasteiger partial charge in [0, 0.05) is 17.5 Å². The number of aliphatic carboxylic acids is 1. The lowest BCUT2D eigenvalue weighted by molar-refractivity contribution is -0.149. The van der Waals surface area contributed by atoms with Crippen molar-refractivity contribution in [3.8, 4) is 0 Å². The summed E-state index contributed by atoms with van der Waals surface area (Å²) in [7, 11) is 0. The van der Waals surface area contributed by atoms with Crippen LogP contribution < -0.4 is 0 Å². The van der Waals surface area contributed by atoms with Gasteiger partial charge in [-0.25, -0.2) is 4.79 Å². The lowest BCUT2D eigenvalue weighted by atomic mass is 10.1. The highest BCUT2D eigenvalue weighted by Crippen LogP contribution is 2.14. The quantitative estimate of drug-likeness (QED) is 0.896. The SMILES string of the molecule is CCO[C@H](Cc1cccc(Br)c1)C(=O)O. The van der Waals surface area contributed by atoms with E-state index in [-0.39, 0.29) is 0 Å². The van der Waals surface area contributed by atoms with Crippen LogP contribution in [0.4, 0.5) is 0 Å². The molecule has 0 saturated heterocycles. The van der Waals surface area contributed by atoms with Gasteiger partial charge in [-0.1, -0.05) is 28.1 Å². The molecule has 0 fully saturated rings. The minimum atomic E-state index is -0.920. The zero-order chi connectivity index (χ0) is 11.3. The first-order chi connectivity index (χ1) is 7.13. The van der Waals surface area contributed by atoms with Crippen molar-refractivity contribution in [1.29, 1.82) is 0 Å². The first-order valence-electron chi connectivity index (χ1n) is 4.72. The number of carboxylic acids is 1. The Balaban J connectivity index is 2.69. The highest BCUT2D eigenvalue weighted by Gasteiger charge is 2.17. The lowest BCUT2D eigenvalue weighted by Crippen LogP contribution is -2.26. The Morgan fingerprint density at radius 3 is 2.87 bits per heavy atom. The van der Waals surface area contributed by atoms with Crippen LogP contribution in [0.1, 0.15) is 12.5 Å². The van der Waals surface area contributed by atoms with E-state index in [2.05, 4.69) is 15.9 Å². The van der Waals surface area contributed by atoms with Crippen molar-refractivity contribution in [2.45, 2.75) is 19.4 Å². The molecule has 0 aliphatic rings. The predicted molar refractivity (Wildman–Crippen MR) is 60.9 cm³/mol. The van der Waals surface area contributed by atoms with E-state index in [1.54, 1.807) is 6.92 Å². The summed E-state index contributed by atoms with van der Waals surface area (Å²) in [5.74, 6) is -0.920. The van der Waals surface area contributed by atoms with Gasteiger partial charge in [-0.05, 0) is 24.6 Å². The van der Waals surface area contributed by atoms with Crippen LogP contribution in [0.2, 0.25) is 0 Å². The molecule has 0 amide bonds. The predicted octanol–water partition coefficient (Wildman–Crippen LogP) is 2.48. The Morgan fingerprint density at radius 2 is 2.33 bits per heavy atom. The fourth-order valence-electron chi connectivity index (χ4n) is 1.30. The largest absolute Gasteiger partial charge is 0.479 e. The molecule has 0 aliphatic heterocycles. The van der Waals surface area contributed by atoms with Crippen LogP contribution in [0, 0.1) is 0 Å². The normalized spacial score (nSPS) is 12.4. The van der Waals surface area contributed by atoms with Gasteiger partial charge >= 0.3 is 5.97 Å². The minimum Gasteiger partial charge on any atom is -0.479 e. The molecule has 0 aromatic heterocycles. The third kappa shape index (κ3) is 4.01. The number of hydrogen-bond acceptors (Lipinski definition) is 2. The number of ether oxygens (including phenoxy) is 1. The molecule has 3 nitrogen and oxygen atoms in total. The summed E-state index contributed by atoms with van der Waals surface area (Å²) in [4.78, 5) is 10.8. The van der Waals surface area contributed by atoms with Crippen LogP contribution in [-0.2, 0) is 16.0 Å². The summed E-state index contributed by atoms with van der Waals surface area (Å²) in [6.07, 6.45) is -0.368. The van der Waals surface area contributed by atoms with Crippen LogP contribution in [0.3, 0.4) is 0 Å². The second-order valence-corrected chi connectivity index (χ2v) is 4.03. The number of benzene rings is 1. The van der Waals surface area contributed by atoms with E-state index in [9.17, 15) is 4.79 Å². The Kier molecular flexibility index (Phi) is 4.78. The van der Waals surface area contributed by atoms with Crippen molar-refractivity contribution in [3.05, 3.63) is 34.3 Å². The molecule has 0 unspecified atom stereocenters. The number of carbonyl (C=O) groups is 1. The fourth-order valence-corrected chi connectivity index (χ4v) is 1.74. The van der Waals surface area contributed by atoms with Crippen molar-refractivity contribution < 1.29 is 14.6 Å². The second kappa shape index (κ2) is 5.88. The third-order valence-corrected chi connectivity index (χ3v) is 2.45. The molecule has 1 rings (SSSR count). The Labute approximate surface area is 97.2 Å². The highest BCUT2D eigenvalue weighted by atomic mass is 79.9. The van der Waals surface area contributed by atoms with Crippen molar-refractivity contribution in [2.24, 2.45) is 0 Å². The zero-order valence-electron chi connectivity index (χ0n) is 8.44. The first-order valence-corrected chi connectivity index (χ1v) is 5.51. The summed E-state index contributed by atoms with van der Waals surface area (Å²) in [6.45, 7) is 2.20. The highest BCUT2D eigenvalue weighted by molar-refractivity contribution is 9.10. The topological polar surface area (TPSA) is 46.5 Å². The van der Waals surface area contributed by atoms with E-state index >= 15 is 0 Å². The monoisotopic (exact) mass is 272 g/mol. The maximum Gasteiger partial charge on any atom is 0.333 e. The van der Waals surface area contributed by atoms with E-state index in [0.717, 1.165) is 10.0 Å². The summed E-state index contributed by atoms with van der Waals surface area (Å²) < 4.78 is 6.08. The molecule has 0 radical (unpaired) electrons. The number of halogens is 1. The van der Waals surface area contributed by atoms with Crippen molar-refractivity contribution in [1.82, 2.24) is 0 Å². The van der Waals surface area contributed by atoms with E-state index in [1.807, 2.05) is 24.3 Å². The van der Waals surface area contributed by atoms with Crippen LogP contribution in [0.15, 0.2) is 28.7 Å². The van der Waals surface area contributed by atoms with Gasteiger partial charge in [0.25, 0.3) is 0 Å². The van der Waals surface area contributed by atoms with Crippen LogP contribution >= 0.6 is 15.9 Å². The molecule has 0 saturated carbocycles. The van der Waals surface area contributed by atoms with Gasteiger partial charge in [0.15, 0.2) is 6.10 Å². The minimum absolute atomic E-state index is 0.391. The molecule has 1 aromatic rings. The molecule has 82 valence electrons. The van der Waals surface area contributed by atoms with E-state index in [1.165, 1.54) is 0 Å². The summed E-state index contributed by atoms with van der Waals surface area (Å²) in [5, 5.41) is 8.90. The maximum atomic E-state index is 10.8. The third-order valence-electron chi connectivity index (χ3n) is 1.95. The van der Waals surface area contributed by atoms with Crippen molar-refractivity contribution in [2.75, 3.05) is 6.61 Å². The van der Waals surface area contributed by atoms with Crippen molar-refractivity contribution >= 4 is 21.9 Å². The van der Waals surface area contributed by atoms with E-state index in [4.69, 9.17) is 9.84 Å². The maximum absolute atomic E-state index is 10.8. The molecule has 1 aromatic carbocycles. The van der Waals surface area contributed by atoms with Crippen molar-refractivity contribution in [3.63, 3.8) is 0 Å². The average Bonchev–Trinajstić information content (AvgIpc) is 2.17. The van der Waals surface area contributed by atoms with E-state index < -0.39 is 12.1 Å². The second-order valence-electron chi connectivity index (χ2n) is 3.12. The molecule has 0 spiro atoms. The summed E-state index contributed by atoms with van der Waals surface area (Å²) in [6, 6.07) is 7.57. The molecule has 1 N–H and O–H groups in total. The van der Waals surface area contributed by atoms with Gasteiger partial charge < -0.3 is 9.84 Å². The zero-order valence-corrected chi connectivity index (χ0v) is 10.0. The molecule has 0 heterocycles. The fraction of sp³-hybridized carbons (Fsp3) is 0.364. The van der Waals surface area contributed by atoms with Crippen LogP contribution in [0.25, 0.3) is 0 Å². The van der Waals surface area contributed by atoms with Gasteiger partial charge in [-0.3, -0.25) is 0 Å². The van der Waals surface area contributed by atoms with Gasteiger partial charge in [-0.2, -0.15) is 0 Å². The number of hydrogen-bond donors (Lipinski definition) is 1. The molecule has 1 atom stereocenters. The molecular weight excluding hydrogens is 260 g/mol. The molecule has 15 heavy (non-hydrogen) atoms. The Bertz CT molecular complexity index is 338. The van der Waals surface area contributed by atoms with E-state index in [0.29, 0.717) is 13.0 Å². The Morgan fingerprint density at radius 1 is 1.60 bits per heavy atom. The standard InChI is InChI=1S/C11H13BrO3/c1-2-15-10(11(13)14)7-8-4-3-5-9(12)6-8/h3-6,10H,2,7H2,1H3,(H,13,14)/t10-/m1/s1. The van der Waals surface area contributed by atoms with Gasteiger partial charge in [0.05, 0.1) is 0 Å². The van der Waals surface area contributed by atoms with Gasteiger partial charge in [-0.15, -0.1) is 0 Å². The smallest absolute Gasteiger partial charge is 0.333 e. The molecule has 0 bridgehead atoms. The number of carboxylic acid groups (broad SMARTS) is 1. The van der Waals surface area contributed by atoms with Gasteiger partial charge in [0.2, 0.25) is 0 Å². The molecule has 0 aliphatic carbocycles. The Hall–Kier alpha value is -0.870. The molecule has 4 heteroatoms. The van der Waals surface area contributed by atoms with Crippen LogP contribution in [0.5, 0.6) is 0 Å². The summed E-state index contributed by atoms with van der Waals surface area (Å²) in [5.41, 5.74) is 0.949. The molecular formula is C11H13BrO3. The van der Waals surface area contributed by atoms with Crippen LogP contribution in [-0.4, -0.2) is 23.8 Å². The summed E-state index contributed by atoms with van der Waals surface area (Å²) >= 11 is 3.34. The average molecular weight is 273 g/mol. The first kappa shape index (κ1) is 12.2. The lowest BCUT2D eigenvalue weighted by Gasteiger charge is -2.12. The number of rotatable bonds is 5. The van der Waals surface area contributed by atoms with Gasteiger partial charge in [0.1, 0.15) is 0 Å².